The van der Waals surface area contributed by atoms with Gasteiger partial charge in [0.25, 0.3) is 0 Å². The molecule has 4 heteroatoms. The number of methoxy groups -OCH3 is 1. The lowest BCUT2D eigenvalue weighted by atomic mass is 9.92. The quantitative estimate of drug-likeness (QED) is 0.806. The lowest BCUT2D eigenvalue weighted by Crippen LogP contribution is -2.27. The highest BCUT2D eigenvalue weighted by Crippen LogP contribution is 2.38. The van der Waals surface area contributed by atoms with Crippen molar-refractivity contribution in [1.29, 1.82) is 0 Å². The van der Waals surface area contributed by atoms with Crippen LogP contribution in [-0.4, -0.2) is 13.7 Å². The molecule has 2 nitrogen and oxygen atoms in total. The largest absolute Gasteiger partial charge is 0.495 e. The van der Waals surface area contributed by atoms with Crippen LogP contribution in [0.15, 0.2) is 16.6 Å². The SMILES string of the molecule is CCNC(c1cc(Cl)cc(Br)c1OC)C(C)CC. The minimum Gasteiger partial charge on any atom is -0.495 e. The Morgan fingerprint density at radius 3 is 2.56 bits per heavy atom. The molecule has 1 aromatic carbocycles. The first-order valence-electron chi connectivity index (χ1n) is 6.31. The Bertz CT molecular complexity index is 398. The molecule has 0 saturated heterocycles. The number of benzene rings is 1. The zero-order valence-corrected chi connectivity index (χ0v) is 13.7. The number of nitrogens with one attached hydrogen (secondary N) is 1. The van der Waals surface area contributed by atoms with Crippen LogP contribution in [0.3, 0.4) is 0 Å². The molecule has 0 spiro atoms. The summed E-state index contributed by atoms with van der Waals surface area (Å²) in [4.78, 5) is 0. The number of rotatable bonds is 6. The highest BCUT2D eigenvalue weighted by atomic mass is 79.9. The van der Waals surface area contributed by atoms with E-state index in [9.17, 15) is 0 Å². The van der Waals surface area contributed by atoms with Gasteiger partial charge in [-0.1, -0.05) is 38.8 Å². The number of ether oxygens (including phenoxy) is 1. The highest BCUT2D eigenvalue weighted by Gasteiger charge is 2.22. The lowest BCUT2D eigenvalue weighted by Gasteiger charge is -2.26. The van der Waals surface area contributed by atoms with Crippen molar-refractivity contribution in [2.24, 2.45) is 5.92 Å². The van der Waals surface area contributed by atoms with E-state index in [2.05, 4.69) is 42.0 Å². The molecule has 0 aliphatic heterocycles. The third-order valence-corrected chi connectivity index (χ3v) is 4.02. The van der Waals surface area contributed by atoms with Crippen molar-refractivity contribution in [2.75, 3.05) is 13.7 Å². The fraction of sp³-hybridized carbons (Fsp3) is 0.571. The first kappa shape index (κ1) is 15.8. The van der Waals surface area contributed by atoms with E-state index in [-0.39, 0.29) is 6.04 Å². The first-order chi connectivity index (χ1) is 8.54. The second kappa shape index (κ2) is 7.37. The Morgan fingerprint density at radius 1 is 1.39 bits per heavy atom. The van der Waals surface area contributed by atoms with Gasteiger partial charge in [0.1, 0.15) is 5.75 Å². The molecule has 0 amide bonds. The van der Waals surface area contributed by atoms with Crippen molar-refractivity contribution < 1.29 is 4.74 Å². The van der Waals surface area contributed by atoms with Crippen molar-refractivity contribution >= 4 is 27.5 Å². The minimum absolute atomic E-state index is 0.255. The van der Waals surface area contributed by atoms with Gasteiger partial charge < -0.3 is 10.1 Å². The van der Waals surface area contributed by atoms with Crippen molar-refractivity contribution in [3.63, 3.8) is 0 Å². The molecule has 0 aromatic heterocycles. The third-order valence-electron chi connectivity index (χ3n) is 3.21. The van der Waals surface area contributed by atoms with Crippen molar-refractivity contribution in [3.05, 3.63) is 27.2 Å². The molecule has 2 unspecified atom stereocenters. The molecule has 1 rings (SSSR count). The van der Waals surface area contributed by atoms with E-state index in [1.54, 1.807) is 7.11 Å². The maximum Gasteiger partial charge on any atom is 0.137 e. The molecule has 0 fully saturated rings. The van der Waals surface area contributed by atoms with Gasteiger partial charge in [-0.05, 0) is 40.5 Å². The fourth-order valence-corrected chi connectivity index (χ4v) is 3.10. The van der Waals surface area contributed by atoms with Crippen LogP contribution in [-0.2, 0) is 0 Å². The molecule has 2 atom stereocenters. The molecule has 0 aliphatic rings. The molecule has 18 heavy (non-hydrogen) atoms. The fourth-order valence-electron chi connectivity index (χ4n) is 2.10. The van der Waals surface area contributed by atoms with E-state index in [0.717, 1.165) is 33.8 Å². The summed E-state index contributed by atoms with van der Waals surface area (Å²) in [5.74, 6) is 1.38. The maximum absolute atomic E-state index is 6.16. The summed E-state index contributed by atoms with van der Waals surface area (Å²) in [5.41, 5.74) is 1.12. The highest BCUT2D eigenvalue weighted by molar-refractivity contribution is 9.10. The number of hydrogen-bond acceptors (Lipinski definition) is 2. The molecule has 1 aromatic rings. The maximum atomic E-state index is 6.16. The molecule has 0 bridgehead atoms. The Morgan fingerprint density at radius 2 is 2.06 bits per heavy atom. The predicted molar refractivity (Wildman–Crippen MR) is 81.6 cm³/mol. The van der Waals surface area contributed by atoms with Gasteiger partial charge in [-0.25, -0.2) is 0 Å². The average molecular weight is 335 g/mol. The standard InChI is InChI=1S/C14H21BrClNO/c1-5-9(3)13(17-6-2)11-7-10(16)8-12(15)14(11)18-4/h7-9,13,17H,5-6H2,1-4H3. The zero-order chi connectivity index (χ0) is 13.7. The molecule has 1 N–H and O–H groups in total. The Balaban J connectivity index is 3.25. The van der Waals surface area contributed by atoms with Gasteiger partial charge >= 0.3 is 0 Å². The van der Waals surface area contributed by atoms with Crippen LogP contribution < -0.4 is 10.1 Å². The van der Waals surface area contributed by atoms with Gasteiger partial charge in [-0.2, -0.15) is 0 Å². The summed E-state index contributed by atoms with van der Waals surface area (Å²) >= 11 is 9.67. The molecule has 102 valence electrons. The van der Waals surface area contributed by atoms with Crippen LogP contribution in [0.25, 0.3) is 0 Å². The summed E-state index contributed by atoms with van der Waals surface area (Å²) in [7, 11) is 1.69. The Labute approximate surface area is 123 Å². The van der Waals surface area contributed by atoms with E-state index in [4.69, 9.17) is 16.3 Å². The molecular weight excluding hydrogens is 314 g/mol. The van der Waals surface area contributed by atoms with E-state index >= 15 is 0 Å². The normalized spacial score (nSPS) is 14.3. The van der Waals surface area contributed by atoms with Gasteiger partial charge in [-0.3, -0.25) is 0 Å². The van der Waals surface area contributed by atoms with Crippen molar-refractivity contribution in [2.45, 2.75) is 33.2 Å². The lowest BCUT2D eigenvalue weighted by molar-refractivity contribution is 0.354. The first-order valence-corrected chi connectivity index (χ1v) is 7.48. The Hall–Kier alpha value is -0.250. The molecule has 0 radical (unpaired) electrons. The summed E-state index contributed by atoms with van der Waals surface area (Å²) < 4.78 is 6.41. The van der Waals surface area contributed by atoms with Crippen LogP contribution in [0, 0.1) is 5.92 Å². The van der Waals surface area contributed by atoms with Crippen LogP contribution in [0.1, 0.15) is 38.8 Å². The second-order valence-corrected chi connectivity index (χ2v) is 5.72. The summed E-state index contributed by atoms with van der Waals surface area (Å²) in [6.45, 7) is 7.46. The predicted octanol–water partition coefficient (Wildman–Crippen LogP) is 4.81. The summed E-state index contributed by atoms with van der Waals surface area (Å²) in [6.07, 6.45) is 1.10. The van der Waals surface area contributed by atoms with Gasteiger partial charge in [0, 0.05) is 16.6 Å². The van der Waals surface area contributed by atoms with Crippen LogP contribution in [0.2, 0.25) is 5.02 Å². The molecule has 0 aliphatic carbocycles. The molecule has 0 saturated carbocycles. The number of halogens is 2. The van der Waals surface area contributed by atoms with Crippen molar-refractivity contribution in [3.8, 4) is 5.75 Å². The molecule has 0 heterocycles. The van der Waals surface area contributed by atoms with Gasteiger partial charge in [0.05, 0.1) is 11.6 Å². The van der Waals surface area contributed by atoms with Crippen LogP contribution in [0.5, 0.6) is 5.75 Å². The molecular formula is C14H21BrClNO. The van der Waals surface area contributed by atoms with Crippen molar-refractivity contribution in [1.82, 2.24) is 5.32 Å². The minimum atomic E-state index is 0.255. The Kier molecular flexibility index (Phi) is 6.47. The summed E-state index contributed by atoms with van der Waals surface area (Å²) in [5, 5.41) is 4.25. The third kappa shape index (κ3) is 3.62. The summed E-state index contributed by atoms with van der Waals surface area (Å²) in [6, 6.07) is 4.11. The van der Waals surface area contributed by atoms with Gasteiger partial charge in [0.15, 0.2) is 0 Å². The number of hydrogen-bond donors (Lipinski definition) is 1. The van der Waals surface area contributed by atoms with Crippen LogP contribution >= 0.6 is 27.5 Å². The van der Waals surface area contributed by atoms with E-state index in [1.807, 2.05) is 12.1 Å². The van der Waals surface area contributed by atoms with Crippen LogP contribution in [0.4, 0.5) is 0 Å². The smallest absolute Gasteiger partial charge is 0.137 e. The topological polar surface area (TPSA) is 21.3 Å². The van der Waals surface area contributed by atoms with Gasteiger partial charge in [0.2, 0.25) is 0 Å². The van der Waals surface area contributed by atoms with E-state index in [0.29, 0.717) is 5.92 Å². The van der Waals surface area contributed by atoms with E-state index in [1.165, 1.54) is 0 Å². The zero-order valence-electron chi connectivity index (χ0n) is 11.4. The second-order valence-electron chi connectivity index (χ2n) is 4.43. The van der Waals surface area contributed by atoms with Gasteiger partial charge in [-0.15, -0.1) is 0 Å². The monoisotopic (exact) mass is 333 g/mol. The average Bonchev–Trinajstić information content (AvgIpc) is 2.34. The van der Waals surface area contributed by atoms with E-state index < -0.39 is 0 Å².